The van der Waals surface area contributed by atoms with Crippen molar-refractivity contribution < 1.29 is 0 Å². The fourth-order valence-corrected chi connectivity index (χ4v) is 1.11. The second-order valence-electron chi connectivity index (χ2n) is 2.55. The number of rotatable bonds is 1. The molecule has 0 amide bonds. The Balaban J connectivity index is 3.38. The van der Waals surface area contributed by atoms with Gasteiger partial charge in [-0.3, -0.25) is 0 Å². The number of nitrogens with one attached hydrogen (secondary N) is 1. The van der Waals surface area contributed by atoms with Gasteiger partial charge in [-0.25, -0.2) is 0 Å². The van der Waals surface area contributed by atoms with Crippen LogP contribution in [0.4, 0.5) is 0 Å². The highest BCUT2D eigenvalue weighted by Crippen LogP contribution is 1.89. The van der Waals surface area contributed by atoms with Crippen LogP contribution in [0.3, 0.4) is 0 Å². The first-order chi connectivity index (χ1) is 5.25. The molecule has 0 atom stereocenters. The van der Waals surface area contributed by atoms with Gasteiger partial charge >= 0.3 is 0 Å². The van der Waals surface area contributed by atoms with Crippen LogP contribution >= 0.6 is 0 Å². The maximum atomic E-state index is 3.87. The van der Waals surface area contributed by atoms with Crippen molar-refractivity contribution in [3.63, 3.8) is 0 Å². The predicted octanol–water partition coefficient (Wildman–Crippen LogP) is 1.17. The zero-order valence-corrected chi connectivity index (χ0v) is 7.02. The summed E-state index contributed by atoms with van der Waals surface area (Å²) in [5, 5.41) is 2.18. The summed E-state index contributed by atoms with van der Waals surface area (Å²) in [6, 6.07) is 2.04. The van der Waals surface area contributed by atoms with Crippen LogP contribution in [0.5, 0.6) is 0 Å². The van der Waals surface area contributed by atoms with E-state index in [2.05, 4.69) is 24.6 Å². The van der Waals surface area contributed by atoms with E-state index in [4.69, 9.17) is 0 Å². The highest BCUT2D eigenvalue weighted by atomic mass is 14.6. The van der Waals surface area contributed by atoms with E-state index in [1.807, 2.05) is 25.3 Å². The van der Waals surface area contributed by atoms with E-state index in [1.165, 1.54) is 10.8 Å². The predicted molar refractivity (Wildman–Crippen MR) is 49.5 cm³/mol. The van der Waals surface area contributed by atoms with Crippen LogP contribution in [0.15, 0.2) is 24.4 Å². The van der Waals surface area contributed by atoms with Crippen molar-refractivity contribution in [2.75, 3.05) is 0 Å². The second-order valence-corrected chi connectivity index (χ2v) is 2.55. The van der Waals surface area contributed by atoms with Gasteiger partial charge in [-0.2, -0.15) is 0 Å². The highest BCUT2D eigenvalue weighted by molar-refractivity contribution is 5.53. The number of hydrogen-bond acceptors (Lipinski definition) is 0. The Bertz CT molecular complexity index is 354. The molecule has 0 aliphatic heterocycles. The van der Waals surface area contributed by atoms with Gasteiger partial charge in [0.1, 0.15) is 0 Å². The molecule has 1 heteroatoms. The molecule has 0 aliphatic carbocycles. The van der Waals surface area contributed by atoms with Crippen LogP contribution < -0.4 is 10.6 Å². The van der Waals surface area contributed by atoms with Crippen molar-refractivity contribution in [2.45, 2.75) is 13.8 Å². The molecule has 0 aliphatic rings. The first-order valence-corrected chi connectivity index (χ1v) is 3.71. The van der Waals surface area contributed by atoms with E-state index in [-0.39, 0.29) is 0 Å². The van der Waals surface area contributed by atoms with Gasteiger partial charge in [-0.15, -0.1) is 0 Å². The van der Waals surface area contributed by atoms with Gasteiger partial charge in [0.05, 0.1) is 0 Å². The van der Waals surface area contributed by atoms with E-state index in [1.54, 1.807) is 0 Å². The summed E-state index contributed by atoms with van der Waals surface area (Å²) in [6.07, 6.45) is 6.02. The van der Waals surface area contributed by atoms with E-state index < -0.39 is 0 Å². The number of H-pyrrole nitrogens is 1. The van der Waals surface area contributed by atoms with Crippen LogP contribution in [-0.4, -0.2) is 4.98 Å². The second kappa shape index (κ2) is 3.24. The minimum Gasteiger partial charge on any atom is -0.362 e. The SMILES string of the molecule is C=c1[nH]cc/c1=C(C)/C=C\C. The van der Waals surface area contributed by atoms with Crippen molar-refractivity contribution in [1.29, 1.82) is 0 Å². The zero-order valence-electron chi connectivity index (χ0n) is 7.02. The standard InChI is InChI=1S/C10H13N/c1-4-5-8(2)10-6-7-11-9(10)3/h4-7,11H,3H2,1-2H3/b5-4-,10-8-. The fraction of sp³-hybridized carbons (Fsp3) is 0.200. The molecule has 1 rings (SSSR count). The minimum absolute atomic E-state index is 0.987. The summed E-state index contributed by atoms with van der Waals surface area (Å²) < 4.78 is 0. The Morgan fingerprint density at radius 3 is 2.82 bits per heavy atom. The summed E-state index contributed by atoms with van der Waals surface area (Å²) >= 11 is 0. The van der Waals surface area contributed by atoms with Crippen molar-refractivity contribution in [3.05, 3.63) is 35.0 Å². The van der Waals surface area contributed by atoms with Crippen LogP contribution in [0.2, 0.25) is 0 Å². The van der Waals surface area contributed by atoms with Crippen LogP contribution in [0, 0.1) is 0 Å². The molecule has 11 heavy (non-hydrogen) atoms. The quantitative estimate of drug-likeness (QED) is 0.613. The average Bonchev–Trinajstić information content (AvgIpc) is 2.36. The third-order valence-corrected chi connectivity index (χ3v) is 1.67. The summed E-state index contributed by atoms with van der Waals surface area (Å²) in [5.74, 6) is 0. The first-order valence-electron chi connectivity index (χ1n) is 3.71. The van der Waals surface area contributed by atoms with Gasteiger partial charge in [0, 0.05) is 16.8 Å². The molecule has 1 heterocycles. The van der Waals surface area contributed by atoms with Crippen molar-refractivity contribution in [1.82, 2.24) is 4.98 Å². The molecule has 0 fully saturated rings. The molecule has 0 bridgehead atoms. The molecular formula is C10H13N. The number of aromatic amines is 1. The van der Waals surface area contributed by atoms with Crippen LogP contribution in [0.25, 0.3) is 12.2 Å². The first kappa shape index (κ1) is 7.86. The Morgan fingerprint density at radius 1 is 1.64 bits per heavy atom. The van der Waals surface area contributed by atoms with Crippen LogP contribution in [0.1, 0.15) is 13.8 Å². The van der Waals surface area contributed by atoms with E-state index in [0.717, 1.165) is 5.35 Å². The normalized spacial score (nSPS) is 14.0. The summed E-state index contributed by atoms with van der Waals surface area (Å²) in [7, 11) is 0. The van der Waals surface area contributed by atoms with Gasteiger partial charge in [-0.05, 0) is 25.5 Å². The highest BCUT2D eigenvalue weighted by Gasteiger charge is 1.86. The molecule has 0 radical (unpaired) electrons. The maximum absolute atomic E-state index is 3.87. The molecular weight excluding hydrogens is 134 g/mol. The van der Waals surface area contributed by atoms with Crippen molar-refractivity contribution in [3.8, 4) is 0 Å². The van der Waals surface area contributed by atoms with Gasteiger partial charge in [0.2, 0.25) is 0 Å². The molecule has 0 saturated heterocycles. The van der Waals surface area contributed by atoms with Crippen molar-refractivity contribution in [2.24, 2.45) is 0 Å². The molecule has 0 aromatic carbocycles. The van der Waals surface area contributed by atoms with Crippen molar-refractivity contribution >= 4 is 12.2 Å². The van der Waals surface area contributed by atoms with E-state index in [0.29, 0.717) is 0 Å². The molecule has 0 saturated carbocycles. The monoisotopic (exact) mass is 147 g/mol. The Morgan fingerprint density at radius 2 is 2.36 bits per heavy atom. The van der Waals surface area contributed by atoms with Crippen LogP contribution in [-0.2, 0) is 0 Å². The molecule has 1 aromatic heterocycles. The summed E-state index contributed by atoms with van der Waals surface area (Å²) in [5.41, 5.74) is 1.25. The van der Waals surface area contributed by atoms with Gasteiger partial charge in [0.25, 0.3) is 0 Å². The van der Waals surface area contributed by atoms with E-state index in [9.17, 15) is 0 Å². The Hall–Kier alpha value is -1.24. The lowest BCUT2D eigenvalue weighted by atomic mass is 10.2. The number of aromatic nitrogens is 1. The third kappa shape index (κ3) is 1.61. The summed E-state index contributed by atoms with van der Waals surface area (Å²) in [6.45, 7) is 7.97. The van der Waals surface area contributed by atoms with Gasteiger partial charge in [-0.1, -0.05) is 18.7 Å². The minimum atomic E-state index is 0.987. The zero-order chi connectivity index (χ0) is 8.27. The molecule has 0 unspecified atom stereocenters. The average molecular weight is 147 g/mol. The third-order valence-electron chi connectivity index (χ3n) is 1.67. The molecule has 0 spiro atoms. The van der Waals surface area contributed by atoms with Gasteiger partial charge < -0.3 is 4.98 Å². The lowest BCUT2D eigenvalue weighted by molar-refractivity contribution is 1.32. The lowest BCUT2D eigenvalue weighted by Crippen LogP contribution is -2.21. The maximum Gasteiger partial charge on any atom is 0.0383 e. The topological polar surface area (TPSA) is 15.8 Å². The fourth-order valence-electron chi connectivity index (χ4n) is 1.11. The Labute approximate surface area is 66.8 Å². The number of allylic oxidation sites excluding steroid dienone is 2. The molecule has 58 valence electrons. The van der Waals surface area contributed by atoms with E-state index >= 15 is 0 Å². The molecule has 1 nitrogen and oxygen atoms in total. The molecule has 1 N–H and O–H groups in total. The van der Waals surface area contributed by atoms with Gasteiger partial charge in [0.15, 0.2) is 0 Å². The molecule has 1 aromatic rings. The number of hydrogen-bond donors (Lipinski definition) is 1. The lowest BCUT2D eigenvalue weighted by Gasteiger charge is -1.86. The summed E-state index contributed by atoms with van der Waals surface area (Å²) in [4.78, 5) is 3.04. The Kier molecular flexibility index (Phi) is 2.32. The largest absolute Gasteiger partial charge is 0.362 e. The smallest absolute Gasteiger partial charge is 0.0383 e.